The van der Waals surface area contributed by atoms with Gasteiger partial charge in [0.15, 0.2) is 0 Å². The van der Waals surface area contributed by atoms with Crippen molar-refractivity contribution in [2.24, 2.45) is 0 Å². The second kappa shape index (κ2) is 5.42. The average molecular weight is 373 g/mol. The summed E-state index contributed by atoms with van der Waals surface area (Å²) in [6.07, 6.45) is 0. The highest BCUT2D eigenvalue weighted by atomic mass is 35.5. The van der Waals surface area contributed by atoms with Crippen LogP contribution in [0.5, 0.6) is 0 Å². The molecule has 0 amide bonds. The molecule has 1 aromatic rings. The van der Waals surface area contributed by atoms with Crippen LogP contribution < -0.4 is 0 Å². The third-order valence-electron chi connectivity index (χ3n) is 3.47. The molecule has 1 aromatic carbocycles. The number of carbonyl (C=O) groups excluding carboxylic acids is 1. The molecule has 0 radical (unpaired) electrons. The van der Waals surface area contributed by atoms with Crippen molar-refractivity contribution in [2.75, 3.05) is 26.3 Å². The molecular formula is C12H9Cl4NO4. The van der Waals surface area contributed by atoms with Crippen molar-refractivity contribution < 1.29 is 19.4 Å². The van der Waals surface area contributed by atoms with E-state index in [1.54, 1.807) is 0 Å². The number of nitrogens with zero attached hydrogens (tertiary/aromatic N) is 1. The Morgan fingerprint density at radius 3 is 2.19 bits per heavy atom. The van der Waals surface area contributed by atoms with Gasteiger partial charge in [0.05, 0.1) is 44.4 Å². The predicted molar refractivity (Wildman–Crippen MR) is 78.2 cm³/mol. The van der Waals surface area contributed by atoms with Crippen LogP contribution in [0, 0.1) is 0 Å². The van der Waals surface area contributed by atoms with Crippen LogP contribution in [0.15, 0.2) is 0 Å². The molecule has 2 aliphatic heterocycles. The number of cyclic esters (lactones) is 1. The van der Waals surface area contributed by atoms with E-state index in [-0.39, 0.29) is 31.2 Å². The Bertz CT molecular complexity index is 632. The van der Waals surface area contributed by atoms with E-state index in [4.69, 9.17) is 55.9 Å². The molecule has 0 aromatic heterocycles. The fourth-order valence-corrected chi connectivity index (χ4v) is 3.50. The van der Waals surface area contributed by atoms with E-state index < -0.39 is 11.9 Å². The Hall–Kier alpha value is -0.270. The zero-order chi connectivity index (χ0) is 15.4. The van der Waals surface area contributed by atoms with E-state index in [2.05, 4.69) is 0 Å². The molecule has 9 heteroatoms. The second-order valence-electron chi connectivity index (χ2n) is 4.60. The Labute approximate surface area is 140 Å². The van der Waals surface area contributed by atoms with Crippen LogP contribution in [-0.2, 0) is 15.4 Å². The quantitative estimate of drug-likeness (QED) is 0.466. The van der Waals surface area contributed by atoms with E-state index in [1.807, 2.05) is 0 Å². The van der Waals surface area contributed by atoms with Crippen molar-refractivity contribution in [3.05, 3.63) is 31.2 Å². The van der Waals surface area contributed by atoms with Gasteiger partial charge in [-0.3, -0.25) is 0 Å². The van der Waals surface area contributed by atoms with E-state index in [0.717, 1.165) is 0 Å². The van der Waals surface area contributed by atoms with E-state index in [0.29, 0.717) is 26.3 Å². The Morgan fingerprint density at radius 2 is 1.57 bits per heavy atom. The van der Waals surface area contributed by atoms with Crippen molar-refractivity contribution >= 4 is 52.4 Å². The van der Waals surface area contributed by atoms with Gasteiger partial charge >= 0.3 is 11.9 Å². The van der Waals surface area contributed by atoms with Crippen LogP contribution in [0.4, 0.5) is 0 Å². The first-order valence-corrected chi connectivity index (χ1v) is 7.54. The summed E-state index contributed by atoms with van der Waals surface area (Å²) in [5.74, 6) is -2.82. The number of hydrogen-bond donors (Lipinski definition) is 1. The maximum atomic E-state index is 12.1. The van der Waals surface area contributed by atoms with Crippen molar-refractivity contribution in [2.45, 2.75) is 5.91 Å². The smallest absolute Gasteiger partial charge is 0.344 e. The lowest BCUT2D eigenvalue weighted by Gasteiger charge is -2.37. The second-order valence-corrected chi connectivity index (χ2v) is 6.11. The molecule has 1 fully saturated rings. The number of halogens is 4. The highest BCUT2D eigenvalue weighted by molar-refractivity contribution is 6.53. The zero-order valence-corrected chi connectivity index (χ0v) is 13.5. The maximum absolute atomic E-state index is 12.1. The third-order valence-corrected chi connectivity index (χ3v) is 5.27. The molecule has 21 heavy (non-hydrogen) atoms. The first-order chi connectivity index (χ1) is 9.88. The topological polar surface area (TPSA) is 59.0 Å². The monoisotopic (exact) mass is 371 g/mol. The molecule has 0 saturated carbocycles. The number of aliphatic hydroxyl groups is 1. The summed E-state index contributed by atoms with van der Waals surface area (Å²) in [6, 6.07) is 0. The van der Waals surface area contributed by atoms with Crippen LogP contribution in [0.1, 0.15) is 15.9 Å². The van der Waals surface area contributed by atoms with Gasteiger partial charge in [-0.05, 0) is 0 Å². The lowest BCUT2D eigenvalue weighted by atomic mass is 10.1. The summed E-state index contributed by atoms with van der Waals surface area (Å²) in [5.41, 5.74) is -0.0412. The van der Waals surface area contributed by atoms with Gasteiger partial charge in [0.1, 0.15) is 0 Å². The van der Waals surface area contributed by atoms with Crippen molar-refractivity contribution in [3.8, 4) is 0 Å². The fraction of sp³-hybridized carbons (Fsp3) is 0.417. The summed E-state index contributed by atoms with van der Waals surface area (Å²) in [5, 5.41) is 10.6. The maximum Gasteiger partial charge on any atom is 0.344 e. The number of rotatable bonds is 1. The number of morpholine rings is 1. The molecule has 3 rings (SSSR count). The largest absolute Gasteiger partial charge is 0.411 e. The minimum atomic E-state index is -2.02. The summed E-state index contributed by atoms with van der Waals surface area (Å²) in [7, 11) is 0. The molecule has 2 aliphatic rings. The molecule has 114 valence electrons. The summed E-state index contributed by atoms with van der Waals surface area (Å²) in [6.45, 7) is 1.50. The normalized spacial score (nSPS) is 25.9. The number of hydrogen-bond acceptors (Lipinski definition) is 5. The predicted octanol–water partition coefficient (Wildman–Crippen LogP) is 2.91. The highest BCUT2D eigenvalue weighted by Crippen LogP contribution is 2.50. The SMILES string of the molecule is O=C1O[C@@](O)(N2CCOCC2)c2c(Cl)c(Cl)c(Cl)c(Cl)c21. The molecule has 2 heterocycles. The molecule has 5 nitrogen and oxygen atoms in total. The number of benzene rings is 1. The van der Waals surface area contributed by atoms with E-state index in [9.17, 15) is 9.90 Å². The lowest BCUT2D eigenvalue weighted by Crippen LogP contribution is -2.51. The van der Waals surface area contributed by atoms with Gasteiger partial charge in [0.2, 0.25) is 0 Å². The highest BCUT2D eigenvalue weighted by Gasteiger charge is 2.53. The first kappa shape index (κ1) is 15.6. The van der Waals surface area contributed by atoms with Crippen LogP contribution >= 0.6 is 46.4 Å². The molecule has 0 aliphatic carbocycles. The van der Waals surface area contributed by atoms with Gasteiger partial charge in [-0.25, -0.2) is 9.69 Å². The van der Waals surface area contributed by atoms with E-state index in [1.165, 1.54) is 4.90 Å². The Morgan fingerprint density at radius 1 is 1.00 bits per heavy atom. The molecule has 0 bridgehead atoms. The number of carbonyl (C=O) groups is 1. The van der Waals surface area contributed by atoms with Crippen LogP contribution in [0.3, 0.4) is 0 Å². The van der Waals surface area contributed by atoms with Gasteiger partial charge in [0, 0.05) is 13.1 Å². The number of esters is 1. The van der Waals surface area contributed by atoms with Crippen LogP contribution in [-0.4, -0.2) is 42.3 Å². The molecular weight excluding hydrogens is 364 g/mol. The average Bonchev–Trinajstić information content (AvgIpc) is 2.76. The lowest BCUT2D eigenvalue weighted by molar-refractivity contribution is -0.276. The van der Waals surface area contributed by atoms with Gasteiger partial charge in [-0.1, -0.05) is 46.4 Å². The first-order valence-electron chi connectivity index (χ1n) is 6.03. The number of ether oxygens (including phenoxy) is 2. The molecule has 1 saturated heterocycles. The molecule has 1 atom stereocenters. The van der Waals surface area contributed by atoms with Gasteiger partial charge in [-0.2, -0.15) is 0 Å². The molecule has 1 N–H and O–H groups in total. The third kappa shape index (κ3) is 2.23. The van der Waals surface area contributed by atoms with Gasteiger partial charge < -0.3 is 14.6 Å². The molecule has 0 unspecified atom stereocenters. The van der Waals surface area contributed by atoms with Crippen LogP contribution in [0.25, 0.3) is 0 Å². The van der Waals surface area contributed by atoms with Gasteiger partial charge in [-0.15, -0.1) is 0 Å². The van der Waals surface area contributed by atoms with Crippen molar-refractivity contribution in [1.82, 2.24) is 4.90 Å². The summed E-state index contributed by atoms with van der Waals surface area (Å²) in [4.78, 5) is 13.6. The van der Waals surface area contributed by atoms with Gasteiger partial charge in [0.25, 0.3) is 0 Å². The van der Waals surface area contributed by atoms with Crippen molar-refractivity contribution in [3.63, 3.8) is 0 Å². The number of fused-ring (bicyclic) bond motifs is 1. The summed E-state index contributed by atoms with van der Waals surface area (Å²) >= 11 is 24.2. The standard InChI is InChI=1S/C12H9Cl4NO4/c13-7-5-6(8(14)10(16)9(7)15)12(19,21-11(5)18)17-1-3-20-4-2-17/h19H,1-4H2/t12-/m1/s1. The zero-order valence-electron chi connectivity index (χ0n) is 10.5. The Kier molecular flexibility index (Phi) is 4.03. The Balaban J connectivity index is 2.21. The van der Waals surface area contributed by atoms with E-state index >= 15 is 0 Å². The summed E-state index contributed by atoms with van der Waals surface area (Å²) < 4.78 is 10.3. The minimum Gasteiger partial charge on any atom is -0.411 e. The van der Waals surface area contributed by atoms with Crippen molar-refractivity contribution in [1.29, 1.82) is 0 Å². The van der Waals surface area contributed by atoms with Crippen LogP contribution in [0.2, 0.25) is 20.1 Å². The fourth-order valence-electron chi connectivity index (χ4n) is 2.45. The molecule has 0 spiro atoms. The minimum absolute atomic E-state index is 0.0236.